The average Bonchev–Trinajstić information content (AvgIpc) is 2.80. The van der Waals surface area contributed by atoms with Crippen LogP contribution in [0.3, 0.4) is 0 Å². The molecule has 0 aromatic carbocycles. The van der Waals surface area contributed by atoms with Gasteiger partial charge in [-0.25, -0.2) is 18.4 Å². The molecule has 1 amide bonds. The van der Waals surface area contributed by atoms with Gasteiger partial charge in [0.2, 0.25) is 0 Å². The summed E-state index contributed by atoms with van der Waals surface area (Å²) < 4.78 is 33.8. The predicted molar refractivity (Wildman–Crippen MR) is 100 cm³/mol. The van der Waals surface area contributed by atoms with Crippen LogP contribution < -0.4 is 10.2 Å². The number of carboxylic acids is 1. The lowest BCUT2D eigenvalue weighted by Crippen LogP contribution is -2.52. The summed E-state index contributed by atoms with van der Waals surface area (Å²) in [5.41, 5.74) is -0.359. The molecule has 27 heavy (non-hydrogen) atoms. The van der Waals surface area contributed by atoms with E-state index in [4.69, 9.17) is 4.74 Å². The van der Waals surface area contributed by atoms with E-state index in [1.165, 1.54) is 4.90 Å². The maximum Gasteiger partial charge on any atom is 0.408 e. The third-order valence-corrected chi connectivity index (χ3v) is 5.64. The van der Waals surface area contributed by atoms with Crippen LogP contribution in [0.5, 0.6) is 0 Å². The number of alkyl halides is 2. The molecule has 152 valence electrons. The highest BCUT2D eigenvalue weighted by Crippen LogP contribution is 2.46. The smallest absolute Gasteiger partial charge is 0.408 e. The molecule has 0 unspecified atom stereocenters. The van der Waals surface area contributed by atoms with E-state index < -0.39 is 49.2 Å². The van der Waals surface area contributed by atoms with Crippen molar-refractivity contribution in [1.82, 2.24) is 5.32 Å². The number of amides is 1. The number of aliphatic hydroxyl groups is 1. The van der Waals surface area contributed by atoms with E-state index in [0.717, 1.165) is 11.3 Å². The fourth-order valence-electron chi connectivity index (χ4n) is 2.78. The van der Waals surface area contributed by atoms with Gasteiger partial charge in [-0.3, -0.25) is 0 Å². The Kier molecular flexibility index (Phi) is 6.37. The van der Waals surface area contributed by atoms with Crippen LogP contribution in [-0.4, -0.2) is 59.5 Å². The topological polar surface area (TPSA) is 99.1 Å². The molecule has 1 aromatic heterocycles. The van der Waals surface area contributed by atoms with Gasteiger partial charge in [0, 0.05) is 18.5 Å². The van der Waals surface area contributed by atoms with Crippen molar-refractivity contribution in [3.8, 4) is 0 Å². The summed E-state index contributed by atoms with van der Waals surface area (Å²) >= 11 is 4.03. The fourth-order valence-corrected chi connectivity index (χ4v) is 4.50. The normalized spacial score (nSPS) is 17.2. The number of nitrogens with one attached hydrogen (secondary N) is 1. The van der Waals surface area contributed by atoms with Crippen LogP contribution in [0.15, 0.2) is 3.79 Å². The second kappa shape index (κ2) is 7.88. The molecule has 0 fully saturated rings. The number of hydrogen-bond acceptors (Lipinski definition) is 6. The van der Waals surface area contributed by atoms with Crippen molar-refractivity contribution in [3.05, 3.63) is 14.2 Å². The number of thiophene rings is 1. The number of alkyl carbamates (subject to hydrolysis) is 1. The zero-order valence-electron chi connectivity index (χ0n) is 15.0. The molecular weight excluding hydrogens is 450 g/mol. The number of aliphatic hydroxyl groups excluding tert-OH is 1. The second-order valence-electron chi connectivity index (χ2n) is 7.28. The molecule has 0 saturated heterocycles. The number of rotatable bonds is 5. The molecule has 1 aliphatic heterocycles. The number of carbonyl (C=O) groups excluding carboxylic acids is 1. The second-order valence-corrected chi connectivity index (χ2v) is 9.61. The van der Waals surface area contributed by atoms with Gasteiger partial charge in [0.15, 0.2) is 0 Å². The van der Waals surface area contributed by atoms with Gasteiger partial charge in [0.1, 0.15) is 10.5 Å². The van der Waals surface area contributed by atoms with E-state index in [0.29, 0.717) is 3.79 Å². The van der Waals surface area contributed by atoms with Gasteiger partial charge in [-0.2, -0.15) is 0 Å². The first-order valence-corrected chi connectivity index (χ1v) is 9.71. The monoisotopic (exact) mass is 470 g/mol. The number of ether oxygens (including phenoxy) is 1. The van der Waals surface area contributed by atoms with Crippen LogP contribution in [0.25, 0.3) is 0 Å². The van der Waals surface area contributed by atoms with Gasteiger partial charge in [0.25, 0.3) is 5.92 Å². The highest BCUT2D eigenvalue weighted by molar-refractivity contribution is 9.11. The van der Waals surface area contributed by atoms with Crippen molar-refractivity contribution in [3.63, 3.8) is 0 Å². The Morgan fingerprint density at radius 1 is 1.44 bits per heavy atom. The quantitative estimate of drug-likeness (QED) is 0.611. The third-order valence-electron chi connectivity index (χ3n) is 3.68. The largest absolute Gasteiger partial charge is 0.477 e. The number of hydrogen-bond donors (Lipinski definition) is 3. The van der Waals surface area contributed by atoms with Crippen molar-refractivity contribution in [2.45, 2.75) is 44.8 Å². The lowest BCUT2D eigenvalue weighted by atomic mass is 10.0. The number of aromatic carboxylic acids is 1. The summed E-state index contributed by atoms with van der Waals surface area (Å²) in [6.07, 6.45) is -1.37. The van der Waals surface area contributed by atoms with E-state index in [9.17, 15) is 28.6 Å². The predicted octanol–water partition coefficient (Wildman–Crippen LogP) is 3.09. The maximum atomic E-state index is 14.2. The van der Waals surface area contributed by atoms with Gasteiger partial charge in [-0.1, -0.05) is 0 Å². The molecule has 2 heterocycles. The Balaban J connectivity index is 2.27. The van der Waals surface area contributed by atoms with Crippen molar-refractivity contribution in [2.24, 2.45) is 0 Å². The molecular formula is C16H21BrF2N2O5S. The zero-order chi connectivity index (χ0) is 20.6. The van der Waals surface area contributed by atoms with Crippen molar-refractivity contribution in [2.75, 3.05) is 24.6 Å². The SMILES string of the molecule is CC(C)(C)OC(=O)N[C@H](CO)CN1CC(F)(F)Cc2c(Br)sc(C(=O)O)c21. The van der Waals surface area contributed by atoms with E-state index in [2.05, 4.69) is 21.2 Å². The Bertz CT molecular complexity index is 735. The molecule has 0 aliphatic carbocycles. The van der Waals surface area contributed by atoms with E-state index >= 15 is 0 Å². The molecule has 2 rings (SSSR count). The Morgan fingerprint density at radius 2 is 2.07 bits per heavy atom. The summed E-state index contributed by atoms with van der Waals surface area (Å²) in [7, 11) is 0. The van der Waals surface area contributed by atoms with Gasteiger partial charge in [0.05, 0.1) is 28.7 Å². The van der Waals surface area contributed by atoms with Crippen molar-refractivity contribution >= 4 is 45.0 Å². The number of halogens is 3. The van der Waals surface area contributed by atoms with Crippen molar-refractivity contribution in [1.29, 1.82) is 0 Å². The first-order valence-electron chi connectivity index (χ1n) is 8.10. The minimum atomic E-state index is -3.07. The van der Waals surface area contributed by atoms with Crippen LogP contribution in [0.1, 0.15) is 36.0 Å². The van der Waals surface area contributed by atoms with Gasteiger partial charge in [-0.05, 0) is 36.7 Å². The average molecular weight is 471 g/mol. The van der Waals surface area contributed by atoms with Crippen LogP contribution in [0.2, 0.25) is 0 Å². The summed E-state index contributed by atoms with van der Waals surface area (Å²) in [6, 6.07) is -0.915. The molecule has 1 aliphatic rings. The van der Waals surface area contributed by atoms with Gasteiger partial charge < -0.3 is 25.2 Å². The molecule has 0 saturated carbocycles. The maximum absolute atomic E-state index is 14.2. The van der Waals surface area contributed by atoms with Crippen LogP contribution in [0.4, 0.5) is 19.3 Å². The molecule has 7 nitrogen and oxygen atoms in total. The molecule has 0 spiro atoms. The Labute approximate surface area is 167 Å². The number of fused-ring (bicyclic) bond motifs is 1. The lowest BCUT2D eigenvalue weighted by molar-refractivity contribution is 0.00443. The minimum absolute atomic E-state index is 0.0682. The number of nitrogens with zero attached hydrogens (tertiary/aromatic N) is 1. The van der Waals surface area contributed by atoms with Gasteiger partial charge >= 0.3 is 12.1 Å². The van der Waals surface area contributed by atoms with Gasteiger partial charge in [-0.15, -0.1) is 11.3 Å². The standard InChI is InChI=1S/C16H21BrF2N2O5S/c1-15(2,3)26-14(25)20-8(6-22)5-21-7-16(18,19)4-9-10(21)11(13(23)24)27-12(9)17/h8,22H,4-7H2,1-3H3,(H,20,25)(H,23,24)/t8-/m0/s1. The fraction of sp³-hybridized carbons (Fsp3) is 0.625. The third kappa shape index (κ3) is 5.52. The first kappa shape index (κ1) is 21.8. The first-order chi connectivity index (χ1) is 12.3. The number of carboxylic acid groups (broad SMARTS) is 1. The minimum Gasteiger partial charge on any atom is -0.477 e. The highest BCUT2D eigenvalue weighted by Gasteiger charge is 2.43. The van der Waals surface area contributed by atoms with Crippen LogP contribution in [-0.2, 0) is 11.2 Å². The Morgan fingerprint density at radius 3 is 2.59 bits per heavy atom. The summed E-state index contributed by atoms with van der Waals surface area (Å²) in [6.45, 7) is 3.57. The molecule has 11 heteroatoms. The zero-order valence-corrected chi connectivity index (χ0v) is 17.4. The molecule has 1 aromatic rings. The molecule has 3 N–H and O–H groups in total. The number of carbonyl (C=O) groups is 2. The van der Waals surface area contributed by atoms with E-state index in [1.807, 2.05) is 0 Å². The Hall–Kier alpha value is -1.46. The highest BCUT2D eigenvalue weighted by atomic mass is 79.9. The molecule has 0 bridgehead atoms. The summed E-state index contributed by atoms with van der Waals surface area (Å²) in [5, 5.41) is 21.4. The van der Waals surface area contributed by atoms with E-state index in [1.54, 1.807) is 20.8 Å². The lowest BCUT2D eigenvalue weighted by Gasteiger charge is -2.37. The van der Waals surface area contributed by atoms with Crippen LogP contribution in [0, 0.1) is 0 Å². The van der Waals surface area contributed by atoms with Crippen LogP contribution >= 0.6 is 27.3 Å². The number of anilines is 1. The van der Waals surface area contributed by atoms with Crippen molar-refractivity contribution < 1.29 is 33.3 Å². The molecule has 1 atom stereocenters. The summed E-state index contributed by atoms with van der Waals surface area (Å²) in [4.78, 5) is 24.6. The van der Waals surface area contributed by atoms with E-state index in [-0.39, 0.29) is 22.7 Å². The molecule has 0 radical (unpaired) electrons. The summed E-state index contributed by atoms with van der Waals surface area (Å²) in [5.74, 6) is -4.30.